The zero-order valence-corrected chi connectivity index (χ0v) is 14.2. The Labute approximate surface area is 142 Å². The third-order valence-electron chi connectivity index (χ3n) is 4.21. The van der Waals surface area contributed by atoms with Crippen LogP contribution < -0.4 is 5.32 Å². The van der Waals surface area contributed by atoms with E-state index in [9.17, 15) is 4.79 Å². The van der Waals surface area contributed by atoms with E-state index in [1.807, 2.05) is 0 Å². The fourth-order valence-corrected chi connectivity index (χ4v) is 3.42. The molecule has 2 rings (SSSR count). The molecular formula is C18H23ClN2O2. The Kier molecular flexibility index (Phi) is 7.04. The first-order chi connectivity index (χ1) is 11.1. The number of rotatable bonds is 8. The molecule has 0 aliphatic carbocycles. The fourth-order valence-electron chi connectivity index (χ4n) is 3.16. The van der Waals surface area contributed by atoms with Crippen LogP contribution in [-0.2, 0) is 16.0 Å². The molecule has 1 heterocycles. The van der Waals surface area contributed by atoms with Gasteiger partial charge in [-0.2, -0.15) is 5.26 Å². The Balaban J connectivity index is 1.72. The molecule has 0 saturated carbocycles. The van der Waals surface area contributed by atoms with Gasteiger partial charge in [0.15, 0.2) is 0 Å². The number of methoxy groups -OCH3 is 1. The summed E-state index contributed by atoms with van der Waals surface area (Å²) in [5, 5.41) is 12.9. The molecule has 1 aliphatic heterocycles. The van der Waals surface area contributed by atoms with Crippen molar-refractivity contribution < 1.29 is 9.53 Å². The van der Waals surface area contributed by atoms with Gasteiger partial charge in [-0.1, -0.05) is 11.6 Å². The molecule has 0 radical (unpaired) electrons. The molecule has 124 valence electrons. The summed E-state index contributed by atoms with van der Waals surface area (Å²) in [5.41, 5.74) is 1.32. The minimum absolute atomic E-state index is 0.197. The Morgan fingerprint density at radius 3 is 3.04 bits per heavy atom. The van der Waals surface area contributed by atoms with E-state index < -0.39 is 0 Å². The third-order valence-corrected chi connectivity index (χ3v) is 4.43. The Bertz CT molecular complexity index is 583. The van der Waals surface area contributed by atoms with Crippen LogP contribution >= 0.6 is 11.6 Å². The Morgan fingerprint density at radius 1 is 1.48 bits per heavy atom. The van der Waals surface area contributed by atoms with Crippen molar-refractivity contribution in [2.45, 2.75) is 38.1 Å². The van der Waals surface area contributed by atoms with Crippen LogP contribution in [0.4, 0.5) is 0 Å². The smallest absolute Gasteiger partial charge is 0.137 e. The first-order valence-corrected chi connectivity index (χ1v) is 8.42. The topological polar surface area (TPSA) is 62.1 Å². The number of benzene rings is 1. The Hall–Kier alpha value is -1.41. The summed E-state index contributed by atoms with van der Waals surface area (Å²) in [6.07, 6.45) is 3.95. The lowest BCUT2D eigenvalue weighted by Crippen LogP contribution is -2.21. The fraction of sp³-hybridized carbons (Fsp3) is 0.556. The zero-order valence-electron chi connectivity index (χ0n) is 13.5. The lowest BCUT2D eigenvalue weighted by molar-refractivity contribution is -0.118. The minimum Gasteiger partial charge on any atom is -0.384 e. The predicted molar refractivity (Wildman–Crippen MR) is 90.5 cm³/mol. The van der Waals surface area contributed by atoms with Crippen LogP contribution in [0.1, 0.15) is 36.8 Å². The van der Waals surface area contributed by atoms with Gasteiger partial charge in [-0.25, -0.2) is 0 Å². The van der Waals surface area contributed by atoms with Gasteiger partial charge in [-0.05, 0) is 48.9 Å². The third kappa shape index (κ3) is 5.95. The van der Waals surface area contributed by atoms with Gasteiger partial charge >= 0.3 is 0 Å². The molecule has 0 amide bonds. The highest BCUT2D eigenvalue weighted by Crippen LogP contribution is 2.19. The summed E-state index contributed by atoms with van der Waals surface area (Å²) in [6, 6.07) is 7.66. The molecule has 5 heteroatoms. The molecule has 1 aromatic rings. The maximum absolute atomic E-state index is 12.1. The zero-order chi connectivity index (χ0) is 16.7. The number of ether oxygens (including phenoxy) is 1. The molecule has 1 aromatic carbocycles. The lowest BCUT2D eigenvalue weighted by atomic mass is 9.99. The molecule has 1 N–H and O–H groups in total. The SMILES string of the molecule is COC[C@@H]1CN[C@H](CCCC(=O)Cc2cc(Cl)cc(C#N)c2)C1. The van der Waals surface area contributed by atoms with Crippen molar-refractivity contribution in [3.63, 3.8) is 0 Å². The number of halogens is 1. The molecule has 23 heavy (non-hydrogen) atoms. The second kappa shape index (κ2) is 9.02. The monoisotopic (exact) mass is 334 g/mol. The minimum atomic E-state index is 0.197. The second-order valence-corrected chi connectivity index (χ2v) is 6.67. The Morgan fingerprint density at radius 2 is 2.30 bits per heavy atom. The van der Waals surface area contributed by atoms with Crippen molar-refractivity contribution >= 4 is 17.4 Å². The van der Waals surface area contributed by atoms with Gasteiger partial charge in [0, 0.05) is 37.6 Å². The normalized spacial score (nSPS) is 20.4. The van der Waals surface area contributed by atoms with Gasteiger partial charge in [0.25, 0.3) is 0 Å². The molecule has 0 bridgehead atoms. The van der Waals surface area contributed by atoms with E-state index in [0.717, 1.165) is 38.0 Å². The van der Waals surface area contributed by atoms with Crippen molar-refractivity contribution in [3.8, 4) is 6.07 Å². The standard InChI is InChI=1S/C18H23ClN2O2/c1-23-12-15-8-17(21-11-15)3-2-4-18(22)9-13-5-14(10-20)7-16(19)6-13/h5-7,15,17,21H,2-4,8-9,11-12H2,1H3/t15-,17+/m0/s1. The maximum atomic E-state index is 12.1. The number of carbonyl (C=O) groups excluding carboxylic acids is 1. The van der Waals surface area contributed by atoms with E-state index in [1.165, 1.54) is 0 Å². The molecule has 4 nitrogen and oxygen atoms in total. The van der Waals surface area contributed by atoms with E-state index in [0.29, 0.717) is 35.4 Å². The molecule has 1 fully saturated rings. The number of nitrogens with one attached hydrogen (secondary N) is 1. The number of hydrogen-bond donors (Lipinski definition) is 1. The van der Waals surface area contributed by atoms with E-state index >= 15 is 0 Å². The van der Waals surface area contributed by atoms with Crippen LogP contribution in [0.15, 0.2) is 18.2 Å². The molecule has 1 saturated heterocycles. The van der Waals surface area contributed by atoms with Crippen molar-refractivity contribution in [3.05, 3.63) is 34.3 Å². The number of ketones is 1. The average molecular weight is 335 g/mol. The van der Waals surface area contributed by atoms with Crippen molar-refractivity contribution in [2.75, 3.05) is 20.3 Å². The number of carbonyl (C=O) groups is 1. The van der Waals surface area contributed by atoms with Crippen LogP contribution in [0.3, 0.4) is 0 Å². The molecule has 0 aromatic heterocycles. The van der Waals surface area contributed by atoms with E-state index in [4.69, 9.17) is 21.6 Å². The van der Waals surface area contributed by atoms with E-state index in [1.54, 1.807) is 25.3 Å². The van der Waals surface area contributed by atoms with E-state index in [2.05, 4.69) is 11.4 Å². The van der Waals surface area contributed by atoms with Crippen molar-refractivity contribution in [1.29, 1.82) is 5.26 Å². The molecular weight excluding hydrogens is 312 g/mol. The molecule has 2 atom stereocenters. The van der Waals surface area contributed by atoms with Crippen molar-refractivity contribution in [1.82, 2.24) is 5.32 Å². The highest BCUT2D eigenvalue weighted by molar-refractivity contribution is 6.30. The second-order valence-electron chi connectivity index (χ2n) is 6.23. The largest absolute Gasteiger partial charge is 0.384 e. The summed E-state index contributed by atoms with van der Waals surface area (Å²) < 4.78 is 5.18. The van der Waals surface area contributed by atoms with Gasteiger partial charge in [0.05, 0.1) is 18.2 Å². The summed E-state index contributed by atoms with van der Waals surface area (Å²) in [4.78, 5) is 12.1. The highest BCUT2D eigenvalue weighted by atomic mass is 35.5. The number of nitrogens with zero attached hydrogens (tertiary/aromatic N) is 1. The average Bonchev–Trinajstić information content (AvgIpc) is 2.94. The molecule has 0 spiro atoms. The number of hydrogen-bond acceptors (Lipinski definition) is 4. The maximum Gasteiger partial charge on any atom is 0.137 e. The first-order valence-electron chi connectivity index (χ1n) is 8.04. The quantitative estimate of drug-likeness (QED) is 0.793. The van der Waals surface area contributed by atoms with Gasteiger partial charge in [-0.3, -0.25) is 4.79 Å². The highest BCUT2D eigenvalue weighted by Gasteiger charge is 2.23. The summed E-state index contributed by atoms with van der Waals surface area (Å²) in [5.74, 6) is 0.791. The van der Waals surface area contributed by atoms with Crippen molar-refractivity contribution in [2.24, 2.45) is 5.92 Å². The lowest BCUT2D eigenvalue weighted by Gasteiger charge is -2.10. The first kappa shape index (κ1) is 17.9. The van der Waals surface area contributed by atoms with Crippen LogP contribution in [0, 0.1) is 17.2 Å². The van der Waals surface area contributed by atoms with Gasteiger partial charge in [0.2, 0.25) is 0 Å². The van der Waals surface area contributed by atoms with Gasteiger partial charge in [-0.15, -0.1) is 0 Å². The van der Waals surface area contributed by atoms with E-state index in [-0.39, 0.29) is 5.78 Å². The summed E-state index contributed by atoms with van der Waals surface area (Å²) in [7, 11) is 1.74. The number of Topliss-reactive ketones (excluding diaryl/α,β-unsaturated/α-hetero) is 1. The van der Waals surface area contributed by atoms with Crippen LogP contribution in [0.25, 0.3) is 0 Å². The molecule has 0 unspecified atom stereocenters. The van der Waals surface area contributed by atoms with Crippen LogP contribution in [0.2, 0.25) is 5.02 Å². The molecule has 1 aliphatic rings. The summed E-state index contributed by atoms with van der Waals surface area (Å²) in [6.45, 7) is 1.81. The van der Waals surface area contributed by atoms with Gasteiger partial charge < -0.3 is 10.1 Å². The van der Waals surface area contributed by atoms with Crippen LogP contribution in [-0.4, -0.2) is 32.1 Å². The number of nitriles is 1. The summed E-state index contributed by atoms with van der Waals surface area (Å²) >= 11 is 5.96. The van der Waals surface area contributed by atoms with Crippen LogP contribution in [0.5, 0.6) is 0 Å². The predicted octanol–water partition coefficient (Wildman–Crippen LogP) is 3.12. The van der Waals surface area contributed by atoms with Gasteiger partial charge in [0.1, 0.15) is 5.78 Å².